The number of aromatic nitrogens is 4. The third-order valence-corrected chi connectivity index (χ3v) is 7.96. The normalized spacial score (nSPS) is 22.7. The fraction of sp³-hybridized carbons (Fsp3) is 0.593. The van der Waals surface area contributed by atoms with Crippen LogP contribution in [0.3, 0.4) is 0 Å². The highest BCUT2D eigenvalue weighted by Crippen LogP contribution is 2.39. The van der Waals surface area contributed by atoms with Crippen molar-refractivity contribution in [3.05, 3.63) is 41.3 Å². The molecule has 2 aliphatic rings. The Bertz CT molecular complexity index is 1120. The van der Waals surface area contributed by atoms with Crippen molar-refractivity contribution in [3.63, 3.8) is 0 Å². The van der Waals surface area contributed by atoms with E-state index in [1.165, 1.54) is 25.7 Å². The van der Waals surface area contributed by atoms with Crippen LogP contribution >= 0.6 is 11.6 Å². The number of nitrogens with one attached hydrogen (secondary N) is 1. The van der Waals surface area contributed by atoms with E-state index in [0.29, 0.717) is 11.1 Å². The first-order chi connectivity index (χ1) is 16.5. The number of halogens is 1. The molecule has 0 bridgehead atoms. The summed E-state index contributed by atoms with van der Waals surface area (Å²) >= 11 is 6.25. The zero-order valence-electron chi connectivity index (χ0n) is 20.4. The number of hydrogen-bond acceptors (Lipinski definition) is 5. The Hall–Kier alpha value is -2.18. The predicted molar refractivity (Wildman–Crippen MR) is 138 cm³/mol. The molecule has 0 amide bonds. The maximum atomic E-state index is 6.25. The number of rotatable bonds is 7. The van der Waals surface area contributed by atoms with Crippen molar-refractivity contribution >= 4 is 34.4 Å². The average molecular weight is 482 g/mol. The van der Waals surface area contributed by atoms with Crippen molar-refractivity contribution in [2.75, 3.05) is 18.5 Å². The van der Waals surface area contributed by atoms with E-state index in [-0.39, 0.29) is 5.41 Å². The van der Waals surface area contributed by atoms with Gasteiger partial charge in [-0.1, -0.05) is 44.4 Å². The lowest BCUT2D eigenvalue weighted by molar-refractivity contribution is 0.0232. The minimum atomic E-state index is 0.191. The molecule has 3 heterocycles. The molecule has 3 aromatic rings. The van der Waals surface area contributed by atoms with Crippen molar-refractivity contribution in [2.45, 2.75) is 77.7 Å². The van der Waals surface area contributed by atoms with Crippen LogP contribution in [0.5, 0.6) is 0 Å². The molecule has 1 saturated carbocycles. The lowest BCUT2D eigenvalue weighted by Gasteiger charge is -2.33. The summed E-state index contributed by atoms with van der Waals surface area (Å²) in [4.78, 5) is 14.8. The molecule has 6 nitrogen and oxygen atoms in total. The molecular formula is C27H36ClN5O. The van der Waals surface area contributed by atoms with Gasteiger partial charge in [-0.2, -0.15) is 0 Å². The number of ether oxygens (including phenoxy) is 1. The summed E-state index contributed by atoms with van der Waals surface area (Å²) in [6, 6.07) is 8.20. The number of imidazole rings is 1. The lowest BCUT2D eigenvalue weighted by atomic mass is 9.79. The van der Waals surface area contributed by atoms with E-state index in [9.17, 15) is 0 Å². The number of nitrogens with zero attached hydrogens (tertiary/aromatic N) is 4. The maximum Gasteiger partial charge on any atom is 0.209 e. The Morgan fingerprint density at radius 1 is 1.15 bits per heavy atom. The van der Waals surface area contributed by atoms with Gasteiger partial charge in [0.1, 0.15) is 11.3 Å². The van der Waals surface area contributed by atoms with Crippen LogP contribution in [0, 0.1) is 11.3 Å². The zero-order chi connectivity index (χ0) is 23.5. The molecule has 1 aliphatic heterocycles. The summed E-state index contributed by atoms with van der Waals surface area (Å²) < 4.78 is 7.94. The van der Waals surface area contributed by atoms with Crippen LogP contribution in [0.1, 0.15) is 77.1 Å². The highest BCUT2D eigenvalue weighted by atomic mass is 35.5. The fourth-order valence-corrected chi connectivity index (χ4v) is 5.85. The predicted octanol–water partition coefficient (Wildman–Crippen LogP) is 7.11. The van der Waals surface area contributed by atoms with Crippen molar-refractivity contribution in [1.29, 1.82) is 0 Å². The van der Waals surface area contributed by atoms with Gasteiger partial charge in [-0.05, 0) is 68.1 Å². The quantitative estimate of drug-likeness (QED) is 0.389. The van der Waals surface area contributed by atoms with Gasteiger partial charge in [0.25, 0.3) is 0 Å². The first-order valence-corrected chi connectivity index (χ1v) is 13.2. The molecule has 1 aromatic carbocycles. The van der Waals surface area contributed by atoms with E-state index in [1.54, 1.807) is 0 Å². The molecule has 7 heteroatoms. The molecule has 0 atom stereocenters. The van der Waals surface area contributed by atoms with E-state index in [0.717, 1.165) is 79.9 Å². The Kier molecular flexibility index (Phi) is 7.07. The van der Waals surface area contributed by atoms with Crippen LogP contribution in [0.25, 0.3) is 11.2 Å². The van der Waals surface area contributed by atoms with Gasteiger partial charge in [-0.15, -0.1) is 0 Å². The second-order valence-electron chi connectivity index (χ2n) is 10.5. The standard InChI is InChI=1S/C27H36ClN5O/c1-3-5-19-8-10-22(11-9-19)33-25-23(31-26(33)30-21-7-4-6-20(28)16-21)18-29-24(32-25)17-27(2)12-14-34-15-13-27/h4,6-7,16,18-19,22H,3,5,8-15,17H2,1-2H3,(H,30,31). The Morgan fingerprint density at radius 3 is 2.68 bits per heavy atom. The van der Waals surface area contributed by atoms with E-state index in [1.807, 2.05) is 30.5 Å². The molecule has 34 heavy (non-hydrogen) atoms. The van der Waals surface area contributed by atoms with E-state index in [2.05, 4.69) is 23.7 Å². The van der Waals surface area contributed by atoms with Crippen molar-refractivity contribution in [3.8, 4) is 0 Å². The van der Waals surface area contributed by atoms with Crippen LogP contribution in [-0.2, 0) is 11.2 Å². The monoisotopic (exact) mass is 481 g/mol. The smallest absolute Gasteiger partial charge is 0.209 e. The van der Waals surface area contributed by atoms with Crippen LogP contribution < -0.4 is 5.32 Å². The maximum absolute atomic E-state index is 6.25. The van der Waals surface area contributed by atoms with Gasteiger partial charge >= 0.3 is 0 Å². The van der Waals surface area contributed by atoms with Gasteiger partial charge in [-0.3, -0.25) is 4.57 Å². The minimum Gasteiger partial charge on any atom is -0.381 e. The summed E-state index contributed by atoms with van der Waals surface area (Å²) in [6.07, 6.45) is 12.3. The molecule has 2 fully saturated rings. The van der Waals surface area contributed by atoms with E-state index < -0.39 is 0 Å². The zero-order valence-corrected chi connectivity index (χ0v) is 21.2. The highest BCUT2D eigenvalue weighted by molar-refractivity contribution is 6.30. The topological polar surface area (TPSA) is 64.9 Å². The largest absolute Gasteiger partial charge is 0.381 e. The molecule has 182 valence electrons. The molecule has 0 unspecified atom stereocenters. The summed E-state index contributed by atoms with van der Waals surface area (Å²) in [5.74, 6) is 2.59. The molecule has 1 saturated heterocycles. The van der Waals surface area contributed by atoms with E-state index in [4.69, 9.17) is 31.3 Å². The summed E-state index contributed by atoms with van der Waals surface area (Å²) in [5, 5.41) is 4.24. The van der Waals surface area contributed by atoms with Gasteiger partial charge in [0.15, 0.2) is 5.65 Å². The number of anilines is 2. The Balaban J connectivity index is 1.49. The number of fused-ring (bicyclic) bond motifs is 1. The van der Waals surface area contributed by atoms with Crippen LogP contribution in [0.15, 0.2) is 30.5 Å². The summed E-state index contributed by atoms with van der Waals surface area (Å²) in [5.41, 5.74) is 2.92. The Labute approximate surface area is 207 Å². The second-order valence-corrected chi connectivity index (χ2v) is 10.9. The second kappa shape index (κ2) is 10.2. The molecular weight excluding hydrogens is 446 g/mol. The first kappa shape index (κ1) is 23.6. The van der Waals surface area contributed by atoms with E-state index >= 15 is 0 Å². The third kappa shape index (κ3) is 5.23. The summed E-state index contributed by atoms with van der Waals surface area (Å²) in [6.45, 7) is 6.28. The molecule has 5 rings (SSSR count). The first-order valence-electron chi connectivity index (χ1n) is 12.9. The molecule has 0 radical (unpaired) electrons. The van der Waals surface area contributed by atoms with Gasteiger partial charge in [0.2, 0.25) is 5.95 Å². The third-order valence-electron chi connectivity index (χ3n) is 7.73. The van der Waals surface area contributed by atoms with Gasteiger partial charge in [0, 0.05) is 36.4 Å². The Morgan fingerprint density at radius 2 is 1.94 bits per heavy atom. The van der Waals surface area contributed by atoms with Crippen molar-refractivity contribution < 1.29 is 4.74 Å². The minimum absolute atomic E-state index is 0.191. The molecule has 1 N–H and O–H groups in total. The van der Waals surface area contributed by atoms with Crippen LogP contribution in [-0.4, -0.2) is 32.7 Å². The summed E-state index contributed by atoms with van der Waals surface area (Å²) in [7, 11) is 0. The van der Waals surface area contributed by atoms with Crippen molar-refractivity contribution in [1.82, 2.24) is 19.5 Å². The van der Waals surface area contributed by atoms with Crippen LogP contribution in [0.4, 0.5) is 11.6 Å². The van der Waals surface area contributed by atoms with Gasteiger partial charge < -0.3 is 10.1 Å². The molecule has 1 aliphatic carbocycles. The molecule has 2 aromatic heterocycles. The SMILES string of the molecule is CCCC1CCC(n2c(Nc3cccc(Cl)c3)nc3cnc(CC4(C)CCOCC4)nc32)CC1. The fourth-order valence-electron chi connectivity index (χ4n) is 5.66. The number of hydrogen-bond donors (Lipinski definition) is 1. The van der Waals surface area contributed by atoms with Crippen molar-refractivity contribution in [2.24, 2.45) is 11.3 Å². The lowest BCUT2D eigenvalue weighted by Crippen LogP contribution is -2.29. The average Bonchev–Trinajstić information content (AvgIpc) is 3.17. The van der Waals surface area contributed by atoms with Gasteiger partial charge in [-0.25, -0.2) is 15.0 Å². The van der Waals surface area contributed by atoms with Crippen LogP contribution in [0.2, 0.25) is 5.02 Å². The number of benzene rings is 1. The van der Waals surface area contributed by atoms with Gasteiger partial charge in [0.05, 0.1) is 6.20 Å². The highest BCUT2D eigenvalue weighted by Gasteiger charge is 2.30. The molecule has 0 spiro atoms.